The molecule has 1 heterocycles. The Balaban J connectivity index is 2.87. The predicted octanol–water partition coefficient (Wildman–Crippen LogP) is -1.59. The van der Waals surface area contributed by atoms with Gasteiger partial charge in [0, 0.05) is 20.8 Å². The van der Waals surface area contributed by atoms with E-state index < -0.39 is 48.5 Å². The van der Waals surface area contributed by atoms with E-state index in [1.54, 1.807) is 0 Å². The average Bonchev–Trinajstić information content (AvgIpc) is 2.28. The van der Waals surface area contributed by atoms with Crippen LogP contribution >= 0.6 is 0 Å². The molecule has 1 amide bonds. The third-order valence-corrected chi connectivity index (χ3v) is 2.70. The van der Waals surface area contributed by atoms with Crippen molar-refractivity contribution < 1.29 is 38.8 Å². The minimum Gasteiger partial charge on any atom is -0.463 e. The first-order valence-corrected chi connectivity index (χ1v) is 6.30. The smallest absolute Gasteiger partial charge is 0.303 e. The molecule has 0 aromatic rings. The lowest BCUT2D eigenvalue weighted by Crippen LogP contribution is -2.63. The molecule has 9 nitrogen and oxygen atoms in total. The standard InChI is InChI=1S/C12H19NO8/c1-6(14)13-12(18)4-9(17)11(20-8(3)16)10(21-12)5-19-7(2)15/h9-11,17-18H,4-5H2,1-3H3,(H,13,14)/t9-,10-,11-,12+/m1/s1. The van der Waals surface area contributed by atoms with Gasteiger partial charge in [0.15, 0.2) is 6.10 Å². The number of aliphatic hydroxyl groups is 2. The lowest BCUT2D eigenvalue weighted by atomic mass is 9.99. The first kappa shape index (κ1) is 17.3. The number of hydrogen-bond donors (Lipinski definition) is 3. The lowest BCUT2D eigenvalue weighted by Gasteiger charge is -2.43. The Morgan fingerprint density at radius 1 is 1.29 bits per heavy atom. The molecule has 4 atom stereocenters. The fourth-order valence-corrected chi connectivity index (χ4v) is 2.04. The SMILES string of the molecule is CC(=O)N[C@]1(O)C[C@@H](O)[C@@H](OC(C)=O)[C@@H](COC(C)=O)O1. The number of esters is 2. The van der Waals surface area contributed by atoms with Crippen molar-refractivity contribution in [2.75, 3.05) is 6.61 Å². The van der Waals surface area contributed by atoms with Gasteiger partial charge in [0.05, 0.1) is 6.42 Å². The van der Waals surface area contributed by atoms with E-state index >= 15 is 0 Å². The van der Waals surface area contributed by atoms with E-state index in [4.69, 9.17) is 14.2 Å². The molecule has 1 rings (SSSR count). The highest BCUT2D eigenvalue weighted by atomic mass is 16.7. The van der Waals surface area contributed by atoms with E-state index in [0.29, 0.717) is 0 Å². The van der Waals surface area contributed by atoms with Crippen molar-refractivity contribution in [2.45, 2.75) is 51.4 Å². The van der Waals surface area contributed by atoms with Crippen molar-refractivity contribution in [1.82, 2.24) is 5.32 Å². The molecule has 0 unspecified atom stereocenters. The number of rotatable bonds is 4. The second kappa shape index (κ2) is 6.83. The number of carbonyl (C=O) groups is 3. The number of aliphatic hydroxyl groups excluding tert-OH is 1. The molecule has 0 bridgehead atoms. The fourth-order valence-electron chi connectivity index (χ4n) is 2.04. The van der Waals surface area contributed by atoms with Gasteiger partial charge in [0.2, 0.25) is 5.91 Å². The van der Waals surface area contributed by atoms with Gasteiger partial charge in [-0.1, -0.05) is 0 Å². The summed E-state index contributed by atoms with van der Waals surface area (Å²) >= 11 is 0. The van der Waals surface area contributed by atoms with Gasteiger partial charge >= 0.3 is 11.9 Å². The number of amides is 1. The third kappa shape index (κ3) is 5.29. The average molecular weight is 305 g/mol. The van der Waals surface area contributed by atoms with Crippen molar-refractivity contribution in [2.24, 2.45) is 0 Å². The van der Waals surface area contributed by atoms with Crippen LogP contribution in [-0.4, -0.2) is 58.9 Å². The van der Waals surface area contributed by atoms with Gasteiger partial charge in [-0.15, -0.1) is 0 Å². The molecule has 0 spiro atoms. The fraction of sp³-hybridized carbons (Fsp3) is 0.750. The molecular weight excluding hydrogens is 286 g/mol. The van der Waals surface area contributed by atoms with Crippen LogP contribution in [0, 0.1) is 0 Å². The summed E-state index contributed by atoms with van der Waals surface area (Å²) in [5, 5.41) is 22.2. The minimum atomic E-state index is -2.13. The summed E-state index contributed by atoms with van der Waals surface area (Å²) in [7, 11) is 0. The van der Waals surface area contributed by atoms with Crippen LogP contribution in [-0.2, 0) is 28.6 Å². The molecule has 1 fully saturated rings. The molecule has 0 aromatic carbocycles. The summed E-state index contributed by atoms with van der Waals surface area (Å²) in [6.45, 7) is 3.11. The predicted molar refractivity (Wildman–Crippen MR) is 66.5 cm³/mol. The van der Waals surface area contributed by atoms with Crippen LogP contribution in [0.1, 0.15) is 27.2 Å². The molecule has 3 N–H and O–H groups in total. The van der Waals surface area contributed by atoms with E-state index in [-0.39, 0.29) is 6.61 Å². The summed E-state index contributed by atoms with van der Waals surface area (Å²) in [5.74, 6) is -3.99. The molecule has 0 aliphatic carbocycles. The first-order chi connectivity index (χ1) is 9.63. The minimum absolute atomic E-state index is 0.355. The summed E-state index contributed by atoms with van der Waals surface area (Å²) in [6, 6.07) is 0. The second-order valence-electron chi connectivity index (χ2n) is 4.77. The second-order valence-corrected chi connectivity index (χ2v) is 4.77. The molecule has 0 radical (unpaired) electrons. The van der Waals surface area contributed by atoms with Crippen molar-refractivity contribution in [1.29, 1.82) is 0 Å². The molecule has 1 saturated heterocycles. The maximum absolute atomic E-state index is 11.1. The van der Waals surface area contributed by atoms with Crippen LogP contribution < -0.4 is 5.32 Å². The molecule has 0 saturated carbocycles. The largest absolute Gasteiger partial charge is 0.463 e. The normalized spacial score (nSPS) is 32.1. The quantitative estimate of drug-likeness (QED) is 0.418. The Kier molecular flexibility index (Phi) is 5.64. The molecular formula is C12H19NO8. The van der Waals surface area contributed by atoms with Crippen LogP contribution in [0.2, 0.25) is 0 Å². The zero-order valence-electron chi connectivity index (χ0n) is 12.0. The van der Waals surface area contributed by atoms with Gasteiger partial charge in [-0.05, 0) is 0 Å². The molecule has 1 aliphatic heterocycles. The van der Waals surface area contributed by atoms with Gasteiger partial charge in [-0.25, -0.2) is 0 Å². The van der Waals surface area contributed by atoms with Gasteiger partial charge in [0.25, 0.3) is 5.91 Å². The van der Waals surface area contributed by atoms with Crippen LogP contribution in [0.25, 0.3) is 0 Å². The highest BCUT2D eigenvalue weighted by Crippen LogP contribution is 2.28. The maximum Gasteiger partial charge on any atom is 0.303 e. The molecule has 9 heteroatoms. The zero-order valence-corrected chi connectivity index (χ0v) is 12.0. The number of ether oxygens (including phenoxy) is 3. The van der Waals surface area contributed by atoms with E-state index in [2.05, 4.69) is 5.32 Å². The van der Waals surface area contributed by atoms with Gasteiger partial charge < -0.3 is 29.7 Å². The number of hydrogen-bond acceptors (Lipinski definition) is 8. The third-order valence-electron chi connectivity index (χ3n) is 2.70. The summed E-state index contributed by atoms with van der Waals surface area (Å²) in [4.78, 5) is 33.0. The Morgan fingerprint density at radius 2 is 1.90 bits per heavy atom. The van der Waals surface area contributed by atoms with E-state index in [1.165, 1.54) is 6.92 Å². The molecule has 120 valence electrons. The van der Waals surface area contributed by atoms with E-state index in [0.717, 1.165) is 13.8 Å². The first-order valence-electron chi connectivity index (χ1n) is 6.30. The van der Waals surface area contributed by atoms with Gasteiger partial charge in [-0.3, -0.25) is 14.4 Å². The van der Waals surface area contributed by atoms with Gasteiger partial charge in [0.1, 0.15) is 18.8 Å². The Bertz CT molecular complexity index is 425. The van der Waals surface area contributed by atoms with Crippen LogP contribution in [0.15, 0.2) is 0 Å². The maximum atomic E-state index is 11.1. The summed E-state index contributed by atoms with van der Waals surface area (Å²) in [6.07, 6.45) is -3.96. The number of carbonyl (C=O) groups excluding carboxylic acids is 3. The van der Waals surface area contributed by atoms with Crippen LogP contribution in [0.3, 0.4) is 0 Å². The highest BCUT2D eigenvalue weighted by molar-refractivity contribution is 5.73. The summed E-state index contributed by atoms with van der Waals surface area (Å²) in [5.41, 5.74) is 0. The molecule has 0 aromatic heterocycles. The Labute approximate surface area is 121 Å². The van der Waals surface area contributed by atoms with E-state index in [1.807, 2.05) is 0 Å². The van der Waals surface area contributed by atoms with E-state index in [9.17, 15) is 24.6 Å². The number of nitrogens with one attached hydrogen (secondary N) is 1. The van der Waals surface area contributed by atoms with Crippen molar-refractivity contribution >= 4 is 17.8 Å². The molecule has 21 heavy (non-hydrogen) atoms. The van der Waals surface area contributed by atoms with Crippen LogP contribution in [0.4, 0.5) is 0 Å². The zero-order chi connectivity index (χ0) is 16.2. The highest BCUT2D eigenvalue weighted by Gasteiger charge is 2.48. The lowest BCUT2D eigenvalue weighted by molar-refractivity contribution is -0.317. The Morgan fingerprint density at radius 3 is 2.38 bits per heavy atom. The van der Waals surface area contributed by atoms with Crippen molar-refractivity contribution in [3.63, 3.8) is 0 Å². The van der Waals surface area contributed by atoms with Crippen molar-refractivity contribution in [3.8, 4) is 0 Å². The van der Waals surface area contributed by atoms with Gasteiger partial charge in [-0.2, -0.15) is 0 Å². The summed E-state index contributed by atoms with van der Waals surface area (Å²) < 4.78 is 14.9. The monoisotopic (exact) mass is 305 g/mol. The van der Waals surface area contributed by atoms with Crippen LogP contribution in [0.5, 0.6) is 0 Å². The Hall–Kier alpha value is -1.71. The van der Waals surface area contributed by atoms with Crippen molar-refractivity contribution in [3.05, 3.63) is 0 Å². The molecule has 1 aliphatic rings. The topological polar surface area (TPSA) is 131 Å².